The van der Waals surface area contributed by atoms with Gasteiger partial charge in [0.05, 0.1) is 18.8 Å². The van der Waals surface area contributed by atoms with Crippen LogP contribution in [0.5, 0.6) is 5.75 Å². The minimum absolute atomic E-state index is 0.185. The molecule has 0 radical (unpaired) electrons. The molecular formula is C18H19ClFNO3. The van der Waals surface area contributed by atoms with Crippen molar-refractivity contribution in [3.8, 4) is 5.75 Å². The Balaban J connectivity index is 1.83. The number of halogens is 2. The highest BCUT2D eigenvalue weighted by atomic mass is 35.5. The molecule has 0 spiro atoms. The van der Waals surface area contributed by atoms with Gasteiger partial charge in [-0.15, -0.1) is 0 Å². The highest BCUT2D eigenvalue weighted by Gasteiger charge is 2.41. The van der Waals surface area contributed by atoms with Crippen LogP contribution in [0.4, 0.5) is 4.39 Å². The van der Waals surface area contributed by atoms with E-state index in [4.69, 9.17) is 11.6 Å². The number of nitrogens with zero attached hydrogens (tertiary/aromatic N) is 1. The SMILES string of the molecule is OC[C@@H]1[C@H](O)[C@@H](c2ccc(Cl)cc2)CN1Cc1cccc(F)c1O. The first kappa shape index (κ1) is 17.2. The third-order valence-corrected chi connectivity index (χ3v) is 4.89. The molecule has 0 unspecified atom stereocenters. The molecule has 2 aromatic rings. The van der Waals surface area contributed by atoms with Crippen molar-refractivity contribution in [3.05, 3.63) is 64.4 Å². The molecule has 3 rings (SSSR count). The van der Waals surface area contributed by atoms with Crippen LogP contribution in [-0.2, 0) is 6.54 Å². The summed E-state index contributed by atoms with van der Waals surface area (Å²) in [5.74, 6) is -1.25. The number of hydrogen-bond donors (Lipinski definition) is 3. The summed E-state index contributed by atoms with van der Waals surface area (Å²) in [7, 11) is 0. The van der Waals surface area contributed by atoms with Crippen molar-refractivity contribution in [1.82, 2.24) is 4.90 Å². The maximum absolute atomic E-state index is 13.5. The number of benzene rings is 2. The van der Waals surface area contributed by atoms with Gasteiger partial charge in [0.2, 0.25) is 0 Å². The zero-order valence-electron chi connectivity index (χ0n) is 12.9. The molecule has 1 saturated heterocycles. The first-order valence-corrected chi connectivity index (χ1v) is 8.14. The molecule has 2 aromatic carbocycles. The molecule has 0 amide bonds. The fourth-order valence-corrected chi connectivity index (χ4v) is 3.43. The quantitative estimate of drug-likeness (QED) is 0.792. The van der Waals surface area contributed by atoms with Gasteiger partial charge in [0.25, 0.3) is 0 Å². The van der Waals surface area contributed by atoms with Gasteiger partial charge in [0.1, 0.15) is 0 Å². The highest BCUT2D eigenvalue weighted by molar-refractivity contribution is 6.30. The second kappa shape index (κ2) is 7.07. The first-order chi connectivity index (χ1) is 11.5. The van der Waals surface area contributed by atoms with Crippen molar-refractivity contribution in [2.45, 2.75) is 24.6 Å². The number of phenolic OH excluding ortho intramolecular Hbond substituents is 1. The van der Waals surface area contributed by atoms with E-state index in [1.54, 1.807) is 18.2 Å². The van der Waals surface area contributed by atoms with E-state index in [0.29, 0.717) is 17.1 Å². The maximum atomic E-state index is 13.5. The van der Waals surface area contributed by atoms with Crippen molar-refractivity contribution in [2.75, 3.05) is 13.2 Å². The third-order valence-electron chi connectivity index (χ3n) is 4.64. The fourth-order valence-electron chi connectivity index (χ4n) is 3.30. The molecule has 4 nitrogen and oxygen atoms in total. The molecule has 0 aliphatic carbocycles. The normalized spacial score (nSPS) is 24.4. The molecule has 24 heavy (non-hydrogen) atoms. The lowest BCUT2D eigenvalue weighted by molar-refractivity contribution is 0.0637. The van der Waals surface area contributed by atoms with Crippen LogP contribution >= 0.6 is 11.6 Å². The summed E-state index contributed by atoms with van der Waals surface area (Å²) in [5, 5.41) is 30.7. The van der Waals surface area contributed by atoms with Gasteiger partial charge >= 0.3 is 0 Å². The van der Waals surface area contributed by atoms with E-state index in [0.717, 1.165) is 5.56 Å². The summed E-state index contributed by atoms with van der Waals surface area (Å²) in [6.07, 6.45) is -0.758. The lowest BCUT2D eigenvalue weighted by atomic mass is 9.94. The van der Waals surface area contributed by atoms with E-state index in [9.17, 15) is 19.7 Å². The van der Waals surface area contributed by atoms with Gasteiger partial charge in [-0.3, -0.25) is 4.90 Å². The van der Waals surface area contributed by atoms with Crippen LogP contribution in [-0.4, -0.2) is 45.5 Å². The Kier molecular flexibility index (Phi) is 5.06. The van der Waals surface area contributed by atoms with Crippen LogP contribution < -0.4 is 0 Å². The predicted octanol–water partition coefficient (Wildman–Crippen LogP) is 2.51. The standard InChI is InChI=1S/C18H19ClFNO3/c19-13-6-4-11(5-7-13)14-9-21(16(10-22)18(14)24)8-12-2-1-3-15(20)17(12)23/h1-7,14,16,18,22-24H,8-10H2/t14-,16-,18-/m1/s1. The predicted molar refractivity (Wildman–Crippen MR) is 89.5 cm³/mol. The van der Waals surface area contributed by atoms with E-state index < -0.39 is 23.7 Å². The molecule has 1 aliphatic heterocycles. The monoisotopic (exact) mass is 351 g/mol. The number of aliphatic hydroxyl groups is 2. The number of aliphatic hydroxyl groups excluding tert-OH is 2. The Bertz CT molecular complexity index is 710. The summed E-state index contributed by atoms with van der Waals surface area (Å²) < 4.78 is 13.5. The van der Waals surface area contributed by atoms with Crippen molar-refractivity contribution < 1.29 is 19.7 Å². The van der Waals surface area contributed by atoms with E-state index in [2.05, 4.69) is 0 Å². The zero-order valence-corrected chi connectivity index (χ0v) is 13.7. The molecule has 0 saturated carbocycles. The molecule has 1 aliphatic rings. The van der Waals surface area contributed by atoms with E-state index in [1.807, 2.05) is 17.0 Å². The van der Waals surface area contributed by atoms with Crippen LogP contribution in [0, 0.1) is 5.82 Å². The van der Waals surface area contributed by atoms with Gasteiger partial charge < -0.3 is 15.3 Å². The lowest BCUT2D eigenvalue weighted by Crippen LogP contribution is -2.38. The number of para-hydroxylation sites is 1. The molecule has 0 aromatic heterocycles. The molecule has 3 atom stereocenters. The van der Waals surface area contributed by atoms with Gasteiger partial charge in [0.15, 0.2) is 11.6 Å². The van der Waals surface area contributed by atoms with Crippen molar-refractivity contribution in [1.29, 1.82) is 0 Å². The molecule has 6 heteroatoms. The van der Waals surface area contributed by atoms with E-state index in [1.165, 1.54) is 12.1 Å². The molecule has 0 bridgehead atoms. The van der Waals surface area contributed by atoms with Crippen molar-refractivity contribution in [2.24, 2.45) is 0 Å². The number of aromatic hydroxyl groups is 1. The van der Waals surface area contributed by atoms with Crippen LogP contribution in [0.3, 0.4) is 0 Å². The van der Waals surface area contributed by atoms with Crippen LogP contribution in [0.2, 0.25) is 5.02 Å². The van der Waals surface area contributed by atoms with Crippen LogP contribution in [0.1, 0.15) is 17.0 Å². The Hall–Kier alpha value is -1.66. The Labute approximate surface area is 144 Å². The fraction of sp³-hybridized carbons (Fsp3) is 0.333. The molecule has 3 N–H and O–H groups in total. The second-order valence-corrected chi connectivity index (χ2v) is 6.51. The minimum Gasteiger partial charge on any atom is -0.505 e. The van der Waals surface area contributed by atoms with Gasteiger partial charge in [-0.2, -0.15) is 0 Å². The number of likely N-dealkylation sites (tertiary alicyclic amines) is 1. The Morgan fingerprint density at radius 3 is 2.54 bits per heavy atom. The van der Waals surface area contributed by atoms with Gasteiger partial charge in [0, 0.05) is 29.6 Å². The van der Waals surface area contributed by atoms with Crippen molar-refractivity contribution in [3.63, 3.8) is 0 Å². The topological polar surface area (TPSA) is 63.9 Å². The summed E-state index contributed by atoms with van der Waals surface area (Å²) in [6.45, 7) is 0.515. The second-order valence-electron chi connectivity index (χ2n) is 6.08. The summed E-state index contributed by atoms with van der Waals surface area (Å²) >= 11 is 5.90. The zero-order chi connectivity index (χ0) is 17.3. The smallest absolute Gasteiger partial charge is 0.165 e. The Morgan fingerprint density at radius 1 is 1.17 bits per heavy atom. The molecule has 1 fully saturated rings. The lowest BCUT2D eigenvalue weighted by Gasteiger charge is -2.24. The average Bonchev–Trinajstić information content (AvgIpc) is 2.88. The number of rotatable bonds is 4. The van der Waals surface area contributed by atoms with Gasteiger partial charge in [-0.25, -0.2) is 4.39 Å². The van der Waals surface area contributed by atoms with Gasteiger partial charge in [-0.1, -0.05) is 35.9 Å². The first-order valence-electron chi connectivity index (χ1n) is 7.76. The third kappa shape index (κ3) is 3.26. The molecular weight excluding hydrogens is 333 g/mol. The van der Waals surface area contributed by atoms with Crippen molar-refractivity contribution >= 4 is 11.6 Å². The number of hydrogen-bond acceptors (Lipinski definition) is 4. The van der Waals surface area contributed by atoms with Crippen LogP contribution in [0.15, 0.2) is 42.5 Å². The Morgan fingerprint density at radius 2 is 1.88 bits per heavy atom. The summed E-state index contributed by atoms with van der Waals surface area (Å²) in [4.78, 5) is 1.86. The van der Waals surface area contributed by atoms with E-state index in [-0.39, 0.29) is 19.1 Å². The summed E-state index contributed by atoms with van der Waals surface area (Å²) in [5.41, 5.74) is 1.36. The molecule has 1 heterocycles. The van der Waals surface area contributed by atoms with Gasteiger partial charge in [-0.05, 0) is 23.8 Å². The molecule has 128 valence electrons. The minimum atomic E-state index is -0.758. The van der Waals surface area contributed by atoms with E-state index >= 15 is 0 Å². The number of phenols is 1. The average molecular weight is 352 g/mol. The maximum Gasteiger partial charge on any atom is 0.165 e. The van der Waals surface area contributed by atoms with Crippen LogP contribution in [0.25, 0.3) is 0 Å². The highest BCUT2D eigenvalue weighted by Crippen LogP contribution is 2.35. The summed E-state index contributed by atoms with van der Waals surface area (Å²) in [6, 6.07) is 11.1. The largest absolute Gasteiger partial charge is 0.505 e.